The van der Waals surface area contributed by atoms with Crippen molar-refractivity contribution in [2.45, 2.75) is 6.18 Å². The van der Waals surface area contributed by atoms with Crippen LogP contribution in [0.5, 0.6) is 0 Å². The van der Waals surface area contributed by atoms with Gasteiger partial charge in [-0.2, -0.15) is 13.2 Å². The van der Waals surface area contributed by atoms with Gasteiger partial charge in [-0.15, -0.1) is 0 Å². The SMILES string of the molecule is O=[N+]([O-])c1cc(C(F)(F)F)ccc1Nc1ccccc1I. The molecule has 0 radical (unpaired) electrons. The van der Waals surface area contributed by atoms with E-state index in [0.717, 1.165) is 15.7 Å². The fraction of sp³-hybridized carbons (Fsp3) is 0.0769. The van der Waals surface area contributed by atoms with Gasteiger partial charge in [0.25, 0.3) is 5.69 Å². The first kappa shape index (κ1) is 15.5. The van der Waals surface area contributed by atoms with Crippen LogP contribution in [0.2, 0.25) is 0 Å². The largest absolute Gasteiger partial charge is 0.416 e. The van der Waals surface area contributed by atoms with Crippen molar-refractivity contribution >= 4 is 39.7 Å². The predicted octanol–water partition coefficient (Wildman–Crippen LogP) is 4.96. The minimum atomic E-state index is -4.62. The number of alkyl halides is 3. The molecule has 110 valence electrons. The molecule has 0 aliphatic rings. The van der Waals surface area contributed by atoms with E-state index in [4.69, 9.17) is 0 Å². The molecule has 0 saturated carbocycles. The Hall–Kier alpha value is -1.84. The molecule has 21 heavy (non-hydrogen) atoms. The number of nitro benzene ring substituents is 1. The molecule has 2 rings (SSSR count). The fourth-order valence-electron chi connectivity index (χ4n) is 1.67. The number of hydrogen-bond acceptors (Lipinski definition) is 3. The summed E-state index contributed by atoms with van der Waals surface area (Å²) in [6.45, 7) is 0. The Bertz CT molecular complexity index is 689. The zero-order chi connectivity index (χ0) is 15.6. The third kappa shape index (κ3) is 3.63. The highest BCUT2D eigenvalue weighted by atomic mass is 127. The van der Waals surface area contributed by atoms with Gasteiger partial charge in [0.1, 0.15) is 5.69 Å². The van der Waals surface area contributed by atoms with Gasteiger partial charge in [0, 0.05) is 9.64 Å². The summed E-state index contributed by atoms with van der Waals surface area (Å²) in [5.41, 5.74) is -1.08. The van der Waals surface area contributed by atoms with Crippen molar-refractivity contribution in [1.29, 1.82) is 0 Å². The molecule has 0 aromatic heterocycles. The van der Waals surface area contributed by atoms with Crippen LogP contribution in [-0.2, 0) is 6.18 Å². The van der Waals surface area contributed by atoms with Gasteiger partial charge in [-0.1, -0.05) is 12.1 Å². The molecule has 8 heteroatoms. The standard InChI is InChI=1S/C13H8F3IN2O2/c14-13(15,16)8-5-6-11(12(7-8)19(20)21)18-10-4-2-1-3-9(10)17/h1-7,18H. The van der Waals surface area contributed by atoms with E-state index in [-0.39, 0.29) is 5.69 Å². The normalized spacial score (nSPS) is 11.2. The van der Waals surface area contributed by atoms with Crippen LogP contribution in [-0.4, -0.2) is 4.92 Å². The number of nitro groups is 1. The second-order valence-electron chi connectivity index (χ2n) is 4.09. The lowest BCUT2D eigenvalue weighted by molar-refractivity contribution is -0.384. The van der Waals surface area contributed by atoms with E-state index in [9.17, 15) is 23.3 Å². The first-order valence-electron chi connectivity index (χ1n) is 5.66. The molecule has 0 atom stereocenters. The van der Waals surface area contributed by atoms with Crippen LogP contribution in [0.25, 0.3) is 0 Å². The lowest BCUT2D eigenvalue weighted by Gasteiger charge is -2.11. The maximum Gasteiger partial charge on any atom is 0.416 e. The van der Waals surface area contributed by atoms with Crippen molar-refractivity contribution in [3.05, 3.63) is 61.7 Å². The van der Waals surface area contributed by atoms with Gasteiger partial charge in [-0.25, -0.2) is 0 Å². The second-order valence-corrected chi connectivity index (χ2v) is 5.25. The third-order valence-corrected chi connectivity index (χ3v) is 3.61. The van der Waals surface area contributed by atoms with Crippen LogP contribution < -0.4 is 5.32 Å². The predicted molar refractivity (Wildman–Crippen MR) is 80.5 cm³/mol. The zero-order valence-corrected chi connectivity index (χ0v) is 12.5. The number of para-hydroxylation sites is 1. The van der Waals surface area contributed by atoms with Gasteiger partial charge >= 0.3 is 6.18 Å². The summed E-state index contributed by atoms with van der Waals surface area (Å²) in [5.74, 6) is 0. The monoisotopic (exact) mass is 408 g/mol. The summed E-state index contributed by atoms with van der Waals surface area (Å²) in [6, 6.07) is 9.36. The third-order valence-electron chi connectivity index (χ3n) is 2.66. The summed E-state index contributed by atoms with van der Waals surface area (Å²) in [7, 11) is 0. The highest BCUT2D eigenvalue weighted by Gasteiger charge is 2.33. The molecule has 0 spiro atoms. The van der Waals surface area contributed by atoms with Crippen molar-refractivity contribution < 1.29 is 18.1 Å². The molecular weight excluding hydrogens is 400 g/mol. The molecule has 1 N–H and O–H groups in total. The highest BCUT2D eigenvalue weighted by Crippen LogP contribution is 2.36. The first-order chi connectivity index (χ1) is 9.79. The van der Waals surface area contributed by atoms with E-state index in [1.165, 1.54) is 0 Å². The zero-order valence-electron chi connectivity index (χ0n) is 10.3. The van der Waals surface area contributed by atoms with Crippen molar-refractivity contribution in [3.63, 3.8) is 0 Å². The van der Waals surface area contributed by atoms with E-state index >= 15 is 0 Å². The average Bonchev–Trinajstić information content (AvgIpc) is 2.40. The molecule has 0 aliphatic heterocycles. The molecule has 0 unspecified atom stereocenters. The lowest BCUT2D eigenvalue weighted by Crippen LogP contribution is -2.07. The van der Waals surface area contributed by atoms with Crippen LogP contribution in [0.1, 0.15) is 5.56 Å². The molecule has 0 saturated heterocycles. The van der Waals surface area contributed by atoms with Crippen LogP contribution in [0, 0.1) is 13.7 Å². The molecule has 0 heterocycles. The van der Waals surface area contributed by atoms with Gasteiger partial charge in [0.2, 0.25) is 0 Å². The second kappa shape index (κ2) is 5.88. The number of rotatable bonds is 3. The Morgan fingerprint density at radius 1 is 1.10 bits per heavy atom. The molecule has 4 nitrogen and oxygen atoms in total. The number of benzene rings is 2. The summed E-state index contributed by atoms with van der Waals surface area (Å²) < 4.78 is 38.6. The molecule has 2 aromatic carbocycles. The van der Waals surface area contributed by atoms with Crippen molar-refractivity contribution in [2.24, 2.45) is 0 Å². The van der Waals surface area contributed by atoms with Crippen molar-refractivity contribution in [1.82, 2.24) is 0 Å². The maximum absolute atomic E-state index is 12.6. The van der Waals surface area contributed by atoms with Gasteiger partial charge in [0.05, 0.1) is 16.2 Å². The van der Waals surface area contributed by atoms with Crippen LogP contribution in [0.3, 0.4) is 0 Å². The van der Waals surface area contributed by atoms with Crippen LogP contribution in [0.15, 0.2) is 42.5 Å². The Labute approximate surface area is 131 Å². The Morgan fingerprint density at radius 2 is 1.76 bits per heavy atom. The molecule has 0 fully saturated rings. The Kier molecular flexibility index (Phi) is 4.35. The smallest absolute Gasteiger partial charge is 0.349 e. The number of halogens is 4. The van der Waals surface area contributed by atoms with Gasteiger partial charge in [-0.05, 0) is 46.9 Å². The minimum Gasteiger partial charge on any atom is -0.349 e. The number of anilines is 2. The van der Waals surface area contributed by atoms with Crippen LogP contribution in [0.4, 0.5) is 30.2 Å². The molecule has 0 aliphatic carbocycles. The van der Waals surface area contributed by atoms with E-state index in [1.807, 2.05) is 22.6 Å². The molecule has 2 aromatic rings. The minimum absolute atomic E-state index is 0.0112. The van der Waals surface area contributed by atoms with Gasteiger partial charge in [-0.3, -0.25) is 10.1 Å². The topological polar surface area (TPSA) is 55.2 Å². The van der Waals surface area contributed by atoms with E-state index < -0.39 is 22.4 Å². The summed E-state index contributed by atoms with van der Waals surface area (Å²) >= 11 is 2.02. The van der Waals surface area contributed by atoms with E-state index in [1.54, 1.807) is 24.3 Å². The highest BCUT2D eigenvalue weighted by molar-refractivity contribution is 14.1. The number of hydrogen-bond donors (Lipinski definition) is 1. The quantitative estimate of drug-likeness (QED) is 0.444. The summed E-state index contributed by atoms with van der Waals surface area (Å²) in [6.07, 6.45) is -4.62. The molecule has 0 bridgehead atoms. The molecular formula is C13H8F3IN2O2. The Balaban J connectivity index is 2.45. The maximum atomic E-state index is 12.6. The van der Waals surface area contributed by atoms with Crippen LogP contribution >= 0.6 is 22.6 Å². The number of nitrogens with one attached hydrogen (secondary N) is 1. The van der Waals surface area contributed by atoms with Crippen molar-refractivity contribution in [3.8, 4) is 0 Å². The first-order valence-corrected chi connectivity index (χ1v) is 6.74. The lowest BCUT2D eigenvalue weighted by atomic mass is 10.1. The average molecular weight is 408 g/mol. The summed E-state index contributed by atoms with van der Waals surface area (Å²) in [5, 5.41) is 13.8. The molecule has 0 amide bonds. The van der Waals surface area contributed by atoms with Gasteiger partial charge in [0.15, 0.2) is 0 Å². The summed E-state index contributed by atoms with van der Waals surface area (Å²) in [4.78, 5) is 10.1. The van der Waals surface area contributed by atoms with Gasteiger partial charge < -0.3 is 5.32 Å². The Morgan fingerprint density at radius 3 is 2.33 bits per heavy atom. The van der Waals surface area contributed by atoms with E-state index in [2.05, 4.69) is 5.32 Å². The fourth-order valence-corrected chi connectivity index (χ4v) is 2.19. The van der Waals surface area contributed by atoms with E-state index in [0.29, 0.717) is 11.8 Å². The number of nitrogens with zero attached hydrogens (tertiary/aromatic N) is 1. The van der Waals surface area contributed by atoms with Crippen molar-refractivity contribution in [2.75, 3.05) is 5.32 Å².